The molecule has 0 heterocycles. The normalized spacial score (nSPS) is 14.2. The second-order valence-corrected chi connectivity index (χ2v) is 4.57. The number of thioether (sulfide) groups is 1. The van der Waals surface area contributed by atoms with Crippen molar-refractivity contribution in [2.75, 3.05) is 37.9 Å². The molecule has 0 saturated carbocycles. The van der Waals surface area contributed by atoms with Gasteiger partial charge in [0.2, 0.25) is 0 Å². The molecule has 0 aliphatic rings. The lowest BCUT2D eigenvalue weighted by Gasteiger charge is -2.13. The van der Waals surface area contributed by atoms with E-state index in [9.17, 15) is 10.2 Å². The summed E-state index contributed by atoms with van der Waals surface area (Å²) in [5.74, 6) is 1.07. The lowest BCUT2D eigenvalue weighted by Crippen LogP contribution is -2.22. The van der Waals surface area contributed by atoms with Gasteiger partial charge in [0.25, 0.3) is 0 Å². The summed E-state index contributed by atoms with van der Waals surface area (Å²) in [7, 11) is 0. The van der Waals surface area contributed by atoms with E-state index in [0.29, 0.717) is 37.9 Å². The third-order valence-electron chi connectivity index (χ3n) is 1.71. The van der Waals surface area contributed by atoms with E-state index in [4.69, 9.17) is 9.47 Å². The summed E-state index contributed by atoms with van der Waals surface area (Å²) in [5.41, 5.74) is 0. The summed E-state index contributed by atoms with van der Waals surface area (Å²) in [5, 5.41) is 19.0. The third kappa shape index (κ3) is 11.9. The summed E-state index contributed by atoms with van der Waals surface area (Å²) in [4.78, 5) is 0. The van der Waals surface area contributed by atoms with Crippen LogP contribution in [0.1, 0.15) is 0 Å². The first kappa shape index (κ1) is 16.7. The number of rotatable bonds is 12. The van der Waals surface area contributed by atoms with Gasteiger partial charge in [0, 0.05) is 11.5 Å². The van der Waals surface area contributed by atoms with Crippen LogP contribution in [0.4, 0.5) is 0 Å². The van der Waals surface area contributed by atoms with Crippen LogP contribution in [0, 0.1) is 0 Å². The van der Waals surface area contributed by atoms with Gasteiger partial charge in [-0.3, -0.25) is 0 Å². The molecule has 0 aromatic heterocycles. The van der Waals surface area contributed by atoms with Crippen molar-refractivity contribution in [2.45, 2.75) is 12.2 Å². The predicted octanol–water partition coefficient (Wildman–Crippen LogP) is 0.847. The summed E-state index contributed by atoms with van der Waals surface area (Å²) in [6.45, 7) is 8.50. The zero-order valence-electron chi connectivity index (χ0n) is 10.1. The van der Waals surface area contributed by atoms with Gasteiger partial charge in [0.15, 0.2) is 0 Å². The van der Waals surface area contributed by atoms with Crippen LogP contribution in [0.25, 0.3) is 0 Å². The molecule has 17 heavy (non-hydrogen) atoms. The Bertz CT molecular complexity index is 179. The maximum atomic E-state index is 9.50. The minimum atomic E-state index is -0.513. The zero-order valence-corrected chi connectivity index (χ0v) is 10.9. The Morgan fingerprint density at radius 2 is 1.35 bits per heavy atom. The number of aliphatic hydroxyl groups excluding tert-OH is 2. The molecule has 2 N–H and O–H groups in total. The highest BCUT2D eigenvalue weighted by molar-refractivity contribution is 7.99. The monoisotopic (exact) mass is 262 g/mol. The van der Waals surface area contributed by atoms with Gasteiger partial charge in [-0.25, -0.2) is 0 Å². The van der Waals surface area contributed by atoms with Gasteiger partial charge in [-0.15, -0.1) is 13.2 Å². The van der Waals surface area contributed by atoms with Crippen molar-refractivity contribution in [3.63, 3.8) is 0 Å². The smallest absolute Gasteiger partial charge is 0.0863 e. The first-order valence-corrected chi connectivity index (χ1v) is 6.67. The van der Waals surface area contributed by atoms with Crippen molar-refractivity contribution >= 4 is 11.8 Å². The molecule has 0 aliphatic heterocycles. The number of hydrogen-bond acceptors (Lipinski definition) is 5. The van der Waals surface area contributed by atoms with Gasteiger partial charge < -0.3 is 19.7 Å². The molecule has 0 saturated heterocycles. The number of aliphatic hydroxyl groups is 2. The largest absolute Gasteiger partial charge is 0.390 e. The van der Waals surface area contributed by atoms with Crippen molar-refractivity contribution in [1.82, 2.24) is 0 Å². The van der Waals surface area contributed by atoms with E-state index in [1.165, 1.54) is 11.8 Å². The van der Waals surface area contributed by atoms with Crippen molar-refractivity contribution < 1.29 is 19.7 Å². The average molecular weight is 262 g/mol. The fourth-order valence-electron chi connectivity index (χ4n) is 1.01. The van der Waals surface area contributed by atoms with Gasteiger partial charge >= 0.3 is 0 Å². The van der Waals surface area contributed by atoms with Crippen LogP contribution in [-0.2, 0) is 9.47 Å². The Hall–Kier alpha value is -0.330. The first-order valence-electron chi connectivity index (χ1n) is 5.51. The van der Waals surface area contributed by atoms with Crippen LogP contribution in [0.5, 0.6) is 0 Å². The van der Waals surface area contributed by atoms with E-state index in [1.54, 1.807) is 12.2 Å². The molecule has 2 unspecified atom stereocenters. The zero-order chi connectivity index (χ0) is 12.9. The van der Waals surface area contributed by atoms with Gasteiger partial charge in [-0.05, 0) is 0 Å². The maximum Gasteiger partial charge on any atom is 0.0863 e. The summed E-state index contributed by atoms with van der Waals surface area (Å²) < 4.78 is 10.2. The second-order valence-electron chi connectivity index (χ2n) is 3.50. The molecule has 5 heteroatoms. The van der Waals surface area contributed by atoms with Crippen LogP contribution in [0.3, 0.4) is 0 Å². The Balaban J connectivity index is 3.35. The maximum absolute atomic E-state index is 9.50. The van der Waals surface area contributed by atoms with Crippen LogP contribution < -0.4 is 0 Å². The van der Waals surface area contributed by atoms with Crippen LogP contribution >= 0.6 is 11.8 Å². The second kappa shape index (κ2) is 12.1. The summed E-state index contributed by atoms with van der Waals surface area (Å²) in [6.07, 6.45) is 2.25. The number of hydrogen-bond donors (Lipinski definition) is 2. The molecule has 0 bridgehead atoms. The van der Waals surface area contributed by atoms with E-state index in [2.05, 4.69) is 13.2 Å². The van der Waals surface area contributed by atoms with E-state index >= 15 is 0 Å². The molecule has 2 atom stereocenters. The lowest BCUT2D eigenvalue weighted by atomic mass is 10.4. The van der Waals surface area contributed by atoms with Gasteiger partial charge in [-0.2, -0.15) is 11.8 Å². The minimum Gasteiger partial charge on any atom is -0.390 e. The van der Waals surface area contributed by atoms with Gasteiger partial charge in [-0.1, -0.05) is 12.2 Å². The average Bonchev–Trinajstić information content (AvgIpc) is 2.30. The predicted molar refractivity (Wildman–Crippen MR) is 71.4 cm³/mol. The molecule has 0 radical (unpaired) electrons. The molecule has 0 spiro atoms. The van der Waals surface area contributed by atoms with E-state index < -0.39 is 12.2 Å². The quantitative estimate of drug-likeness (QED) is 0.403. The fraction of sp³-hybridized carbons (Fsp3) is 0.667. The minimum absolute atomic E-state index is 0.294. The molecule has 4 nitrogen and oxygen atoms in total. The molecule has 0 amide bonds. The molecular weight excluding hydrogens is 240 g/mol. The molecule has 0 aromatic carbocycles. The molecule has 0 rings (SSSR count). The summed E-state index contributed by atoms with van der Waals surface area (Å²) >= 11 is 1.47. The van der Waals surface area contributed by atoms with E-state index in [0.717, 1.165) is 0 Å². The SMILES string of the molecule is C=CCOCC(O)CSCC(O)COCC=C. The highest BCUT2D eigenvalue weighted by Gasteiger charge is 2.08. The standard InChI is InChI=1S/C12H22O4S/c1-3-5-15-7-11(13)9-17-10-12(14)8-16-6-4-2/h3-4,11-14H,1-2,5-10H2. The highest BCUT2D eigenvalue weighted by Crippen LogP contribution is 2.06. The Morgan fingerprint density at radius 3 is 1.71 bits per heavy atom. The van der Waals surface area contributed by atoms with Gasteiger partial charge in [0.05, 0.1) is 38.6 Å². The Kier molecular flexibility index (Phi) is 11.9. The highest BCUT2D eigenvalue weighted by atomic mass is 32.2. The third-order valence-corrected chi connectivity index (χ3v) is 2.95. The van der Waals surface area contributed by atoms with E-state index in [-0.39, 0.29) is 0 Å². The fourth-order valence-corrected chi connectivity index (χ4v) is 1.88. The molecule has 100 valence electrons. The van der Waals surface area contributed by atoms with Crippen LogP contribution in [-0.4, -0.2) is 60.4 Å². The van der Waals surface area contributed by atoms with Crippen molar-refractivity contribution in [2.24, 2.45) is 0 Å². The molecular formula is C12H22O4S. The first-order chi connectivity index (χ1) is 8.20. The molecule has 0 fully saturated rings. The van der Waals surface area contributed by atoms with Crippen LogP contribution in [0.15, 0.2) is 25.3 Å². The summed E-state index contributed by atoms with van der Waals surface area (Å²) in [6, 6.07) is 0. The Morgan fingerprint density at radius 1 is 0.941 bits per heavy atom. The van der Waals surface area contributed by atoms with E-state index in [1.807, 2.05) is 0 Å². The molecule has 0 aliphatic carbocycles. The van der Waals surface area contributed by atoms with Gasteiger partial charge in [0.1, 0.15) is 0 Å². The molecule has 0 aromatic rings. The van der Waals surface area contributed by atoms with Crippen molar-refractivity contribution in [3.05, 3.63) is 25.3 Å². The lowest BCUT2D eigenvalue weighted by molar-refractivity contribution is 0.0596. The Labute approximate surface area is 107 Å². The van der Waals surface area contributed by atoms with Crippen LogP contribution in [0.2, 0.25) is 0 Å². The number of ether oxygens (including phenoxy) is 2. The van der Waals surface area contributed by atoms with Crippen molar-refractivity contribution in [3.8, 4) is 0 Å². The van der Waals surface area contributed by atoms with Crippen molar-refractivity contribution in [1.29, 1.82) is 0 Å². The topological polar surface area (TPSA) is 58.9 Å².